The predicted octanol–water partition coefficient (Wildman–Crippen LogP) is 0.791. The van der Waals surface area contributed by atoms with E-state index in [2.05, 4.69) is 51.1 Å². The van der Waals surface area contributed by atoms with Gasteiger partial charge in [-0.3, -0.25) is 4.90 Å². The molecule has 1 aromatic carbocycles. The molecule has 8 heteroatoms. The molecule has 0 atom stereocenters. The van der Waals surface area contributed by atoms with Crippen molar-refractivity contribution in [2.24, 2.45) is 5.73 Å². The first-order valence-corrected chi connectivity index (χ1v) is 9.01. The summed E-state index contributed by atoms with van der Waals surface area (Å²) in [7, 11) is 4.10. The molecule has 0 bridgehead atoms. The fraction of sp³-hybridized carbons (Fsp3) is 0.556. The molecule has 0 spiro atoms. The van der Waals surface area contributed by atoms with Crippen molar-refractivity contribution < 1.29 is 9.26 Å². The second kappa shape index (κ2) is 8.98. The van der Waals surface area contributed by atoms with Crippen molar-refractivity contribution in [2.45, 2.75) is 13.1 Å². The third kappa shape index (κ3) is 4.94. The van der Waals surface area contributed by atoms with Gasteiger partial charge in [-0.1, -0.05) is 17.3 Å². The largest absolute Gasteiger partial charge is 0.490 e. The Morgan fingerprint density at radius 1 is 1.19 bits per heavy atom. The van der Waals surface area contributed by atoms with Crippen LogP contribution in [0.3, 0.4) is 0 Å². The minimum absolute atomic E-state index is 0.283. The van der Waals surface area contributed by atoms with Crippen LogP contribution in [-0.4, -0.2) is 73.4 Å². The molecule has 0 aliphatic carbocycles. The molecule has 1 fully saturated rings. The van der Waals surface area contributed by atoms with Crippen molar-refractivity contribution >= 4 is 5.69 Å². The van der Waals surface area contributed by atoms with E-state index in [-0.39, 0.29) is 6.54 Å². The highest BCUT2D eigenvalue weighted by Crippen LogP contribution is 2.29. The summed E-state index contributed by atoms with van der Waals surface area (Å²) in [6.45, 7) is 6.33. The predicted molar refractivity (Wildman–Crippen MR) is 100 cm³/mol. The van der Waals surface area contributed by atoms with Crippen LogP contribution in [0.2, 0.25) is 0 Å². The van der Waals surface area contributed by atoms with Gasteiger partial charge in [-0.2, -0.15) is 4.98 Å². The maximum absolute atomic E-state index is 6.00. The molecule has 142 valence electrons. The van der Waals surface area contributed by atoms with Gasteiger partial charge in [-0.25, -0.2) is 0 Å². The van der Waals surface area contributed by atoms with E-state index in [1.165, 1.54) is 0 Å². The number of nitrogens with two attached hydrogens (primary N) is 1. The third-order valence-corrected chi connectivity index (χ3v) is 4.42. The first-order valence-electron chi connectivity index (χ1n) is 9.01. The summed E-state index contributed by atoms with van der Waals surface area (Å²) in [4.78, 5) is 11.1. The van der Waals surface area contributed by atoms with Crippen molar-refractivity contribution in [3.63, 3.8) is 0 Å². The van der Waals surface area contributed by atoms with Crippen LogP contribution in [0, 0.1) is 0 Å². The third-order valence-electron chi connectivity index (χ3n) is 4.42. The molecule has 2 N–H and O–H groups in total. The SMILES string of the molecule is CN(C)CCOc1ccccc1N1CCN(Cc2noc(CN)n2)CC1. The molecule has 0 unspecified atom stereocenters. The Kier molecular flexibility index (Phi) is 6.43. The van der Waals surface area contributed by atoms with Crippen molar-refractivity contribution in [3.05, 3.63) is 36.0 Å². The minimum Gasteiger partial charge on any atom is -0.490 e. The van der Waals surface area contributed by atoms with Crippen LogP contribution in [0.1, 0.15) is 11.7 Å². The van der Waals surface area contributed by atoms with E-state index in [4.69, 9.17) is 15.0 Å². The number of rotatable bonds is 8. The van der Waals surface area contributed by atoms with Gasteiger partial charge in [0, 0.05) is 32.7 Å². The summed E-state index contributed by atoms with van der Waals surface area (Å²) in [5.41, 5.74) is 6.68. The number of benzene rings is 1. The van der Waals surface area contributed by atoms with E-state index in [0.29, 0.717) is 24.9 Å². The highest BCUT2D eigenvalue weighted by atomic mass is 16.5. The number of nitrogens with zero attached hydrogens (tertiary/aromatic N) is 5. The Morgan fingerprint density at radius 2 is 1.96 bits per heavy atom. The average Bonchev–Trinajstić information content (AvgIpc) is 3.10. The van der Waals surface area contributed by atoms with E-state index in [9.17, 15) is 0 Å². The normalized spacial score (nSPS) is 15.6. The highest BCUT2D eigenvalue weighted by Gasteiger charge is 2.21. The van der Waals surface area contributed by atoms with E-state index in [0.717, 1.165) is 44.2 Å². The maximum Gasteiger partial charge on any atom is 0.240 e. The van der Waals surface area contributed by atoms with Crippen molar-refractivity contribution in [1.29, 1.82) is 0 Å². The lowest BCUT2D eigenvalue weighted by Gasteiger charge is -2.36. The standard InChI is InChI=1S/C18H28N6O2/c1-22(2)11-12-25-16-6-4-3-5-15(16)24-9-7-23(8-10-24)14-17-20-18(13-19)26-21-17/h3-6H,7-14,19H2,1-2H3. The molecular formula is C18H28N6O2. The fourth-order valence-corrected chi connectivity index (χ4v) is 2.96. The molecule has 2 heterocycles. The first kappa shape index (κ1) is 18.6. The molecule has 0 saturated carbocycles. The second-order valence-electron chi connectivity index (χ2n) is 6.69. The molecule has 2 aromatic rings. The van der Waals surface area contributed by atoms with Crippen LogP contribution in [0.15, 0.2) is 28.8 Å². The molecule has 1 aromatic heterocycles. The Bertz CT molecular complexity index is 682. The molecule has 1 aliphatic heterocycles. The van der Waals surface area contributed by atoms with Crippen LogP contribution < -0.4 is 15.4 Å². The van der Waals surface area contributed by atoms with Gasteiger partial charge in [-0.15, -0.1) is 0 Å². The Morgan fingerprint density at radius 3 is 2.65 bits per heavy atom. The van der Waals surface area contributed by atoms with E-state index in [1.54, 1.807) is 0 Å². The molecule has 0 amide bonds. The topological polar surface area (TPSA) is 83.9 Å². The quantitative estimate of drug-likeness (QED) is 0.740. The van der Waals surface area contributed by atoms with Gasteiger partial charge in [0.25, 0.3) is 0 Å². The van der Waals surface area contributed by atoms with Gasteiger partial charge in [0.05, 0.1) is 18.8 Å². The van der Waals surface area contributed by atoms with E-state index in [1.807, 2.05) is 12.1 Å². The van der Waals surface area contributed by atoms with Crippen LogP contribution in [0.4, 0.5) is 5.69 Å². The van der Waals surface area contributed by atoms with Gasteiger partial charge < -0.3 is 24.8 Å². The van der Waals surface area contributed by atoms with E-state index >= 15 is 0 Å². The summed E-state index contributed by atoms with van der Waals surface area (Å²) in [6.07, 6.45) is 0. The Labute approximate surface area is 154 Å². The summed E-state index contributed by atoms with van der Waals surface area (Å²) < 4.78 is 11.1. The molecule has 1 saturated heterocycles. The Balaban J connectivity index is 1.54. The monoisotopic (exact) mass is 360 g/mol. The zero-order valence-corrected chi connectivity index (χ0v) is 15.6. The number of likely N-dealkylation sites (N-methyl/N-ethyl adjacent to an activating group) is 1. The summed E-state index contributed by atoms with van der Waals surface area (Å²) in [5.74, 6) is 2.14. The van der Waals surface area contributed by atoms with Crippen LogP contribution in [0.5, 0.6) is 5.75 Å². The van der Waals surface area contributed by atoms with Crippen molar-refractivity contribution in [1.82, 2.24) is 19.9 Å². The molecule has 1 aliphatic rings. The average molecular weight is 360 g/mol. The van der Waals surface area contributed by atoms with Crippen LogP contribution >= 0.6 is 0 Å². The summed E-state index contributed by atoms with van der Waals surface area (Å²) in [6, 6.07) is 8.27. The van der Waals surface area contributed by atoms with Crippen molar-refractivity contribution in [2.75, 3.05) is 58.3 Å². The lowest BCUT2D eigenvalue weighted by atomic mass is 10.2. The molecular weight excluding hydrogens is 332 g/mol. The number of para-hydroxylation sites is 2. The van der Waals surface area contributed by atoms with Crippen LogP contribution in [-0.2, 0) is 13.1 Å². The van der Waals surface area contributed by atoms with Gasteiger partial charge >= 0.3 is 0 Å². The number of piperazine rings is 1. The molecule has 8 nitrogen and oxygen atoms in total. The number of hydrogen-bond acceptors (Lipinski definition) is 8. The minimum atomic E-state index is 0.283. The van der Waals surface area contributed by atoms with Crippen molar-refractivity contribution in [3.8, 4) is 5.75 Å². The number of ether oxygens (including phenoxy) is 1. The van der Waals surface area contributed by atoms with Gasteiger partial charge in [-0.05, 0) is 26.2 Å². The summed E-state index contributed by atoms with van der Waals surface area (Å²) in [5, 5.41) is 3.97. The smallest absolute Gasteiger partial charge is 0.240 e. The lowest BCUT2D eigenvalue weighted by Crippen LogP contribution is -2.46. The number of aromatic nitrogens is 2. The van der Waals surface area contributed by atoms with Gasteiger partial charge in [0.2, 0.25) is 5.89 Å². The fourth-order valence-electron chi connectivity index (χ4n) is 2.96. The number of hydrogen-bond donors (Lipinski definition) is 1. The molecule has 0 radical (unpaired) electrons. The first-order chi connectivity index (χ1) is 12.7. The second-order valence-corrected chi connectivity index (χ2v) is 6.69. The zero-order chi connectivity index (χ0) is 18.4. The zero-order valence-electron chi connectivity index (χ0n) is 15.6. The maximum atomic E-state index is 6.00. The Hall–Kier alpha value is -2.16. The van der Waals surface area contributed by atoms with Gasteiger partial charge in [0.1, 0.15) is 12.4 Å². The summed E-state index contributed by atoms with van der Waals surface area (Å²) >= 11 is 0. The highest BCUT2D eigenvalue weighted by molar-refractivity contribution is 5.58. The number of anilines is 1. The van der Waals surface area contributed by atoms with Gasteiger partial charge in [0.15, 0.2) is 5.82 Å². The molecule has 3 rings (SSSR count). The molecule has 26 heavy (non-hydrogen) atoms. The van der Waals surface area contributed by atoms with E-state index < -0.39 is 0 Å². The lowest BCUT2D eigenvalue weighted by molar-refractivity contribution is 0.237. The van der Waals surface area contributed by atoms with Crippen LogP contribution in [0.25, 0.3) is 0 Å².